The van der Waals surface area contributed by atoms with E-state index in [1.807, 2.05) is 0 Å². The fourth-order valence-corrected chi connectivity index (χ4v) is 1.79. The van der Waals surface area contributed by atoms with Crippen molar-refractivity contribution in [3.8, 4) is 17.0 Å². The number of nitrogens with two attached hydrogens (primary N) is 1. The Labute approximate surface area is 104 Å². The number of H-pyrrole nitrogens is 1. The molecule has 0 aliphatic heterocycles. The van der Waals surface area contributed by atoms with E-state index < -0.39 is 17.4 Å². The Morgan fingerprint density at radius 2 is 1.84 bits per heavy atom. The summed E-state index contributed by atoms with van der Waals surface area (Å²) in [6.45, 7) is 0. The molecule has 0 atom stereocenters. The van der Waals surface area contributed by atoms with Crippen LogP contribution in [0.4, 0.5) is 14.6 Å². The average molecular weight is 263 g/mol. The van der Waals surface area contributed by atoms with Gasteiger partial charge in [-0.05, 0) is 12.1 Å². The van der Waals surface area contributed by atoms with Crippen LogP contribution in [-0.4, -0.2) is 25.3 Å². The van der Waals surface area contributed by atoms with Crippen LogP contribution in [0.2, 0.25) is 0 Å². The van der Waals surface area contributed by atoms with Gasteiger partial charge in [-0.2, -0.15) is 5.10 Å². The zero-order valence-corrected chi connectivity index (χ0v) is 9.35. The van der Waals surface area contributed by atoms with Gasteiger partial charge in [0, 0.05) is 5.56 Å². The van der Waals surface area contributed by atoms with Gasteiger partial charge in [-0.1, -0.05) is 0 Å². The van der Waals surface area contributed by atoms with Crippen LogP contribution in [0.5, 0.6) is 5.75 Å². The molecule has 0 unspecified atom stereocenters. The van der Waals surface area contributed by atoms with Gasteiger partial charge in [0.1, 0.15) is 17.8 Å². The van der Waals surface area contributed by atoms with Crippen molar-refractivity contribution in [2.75, 3.05) is 5.73 Å². The highest BCUT2D eigenvalue weighted by Crippen LogP contribution is 2.32. The predicted octanol–water partition coefficient (Wildman–Crippen LogP) is 1.59. The van der Waals surface area contributed by atoms with Crippen LogP contribution < -0.4 is 5.73 Å². The second kappa shape index (κ2) is 3.87. The lowest BCUT2D eigenvalue weighted by molar-refractivity contribution is 0.396. The average Bonchev–Trinajstić information content (AvgIpc) is 2.80. The molecule has 19 heavy (non-hydrogen) atoms. The van der Waals surface area contributed by atoms with Crippen LogP contribution in [0.15, 0.2) is 18.5 Å². The monoisotopic (exact) mass is 263 g/mol. The molecule has 1 aromatic carbocycles. The molecule has 0 amide bonds. The first-order chi connectivity index (χ1) is 9.08. The van der Waals surface area contributed by atoms with E-state index >= 15 is 0 Å². The largest absolute Gasteiger partial charge is 0.503 e. The van der Waals surface area contributed by atoms with E-state index in [1.54, 1.807) is 0 Å². The molecule has 0 saturated carbocycles. The molecular formula is C11H7F2N5O. The fraction of sp³-hybridized carbons (Fsp3) is 0. The van der Waals surface area contributed by atoms with Crippen molar-refractivity contribution in [2.45, 2.75) is 0 Å². The molecule has 2 aromatic heterocycles. The maximum Gasteiger partial charge on any atom is 0.187 e. The smallest absolute Gasteiger partial charge is 0.187 e. The molecule has 3 aromatic rings. The van der Waals surface area contributed by atoms with Crippen molar-refractivity contribution in [3.05, 3.63) is 30.1 Å². The molecule has 96 valence electrons. The van der Waals surface area contributed by atoms with E-state index in [-0.39, 0.29) is 17.1 Å². The number of aromatic hydroxyl groups is 1. The van der Waals surface area contributed by atoms with Crippen molar-refractivity contribution in [3.63, 3.8) is 0 Å². The Balaban J connectivity index is 2.31. The van der Waals surface area contributed by atoms with Crippen LogP contribution in [0.25, 0.3) is 22.3 Å². The number of hydrogen-bond acceptors (Lipinski definition) is 5. The minimum atomic E-state index is -1.08. The first kappa shape index (κ1) is 11.3. The van der Waals surface area contributed by atoms with Crippen molar-refractivity contribution in [1.82, 2.24) is 20.2 Å². The summed E-state index contributed by atoms with van der Waals surface area (Å²) >= 11 is 0. The molecule has 6 nitrogen and oxygen atoms in total. The predicted molar refractivity (Wildman–Crippen MR) is 63.1 cm³/mol. The highest BCUT2D eigenvalue weighted by molar-refractivity contribution is 5.97. The van der Waals surface area contributed by atoms with Crippen LogP contribution in [-0.2, 0) is 0 Å². The number of nitrogens with zero attached hydrogens (tertiary/aromatic N) is 3. The number of aromatic nitrogens is 4. The topological polar surface area (TPSA) is 101 Å². The normalized spacial score (nSPS) is 11.1. The highest BCUT2D eigenvalue weighted by Gasteiger charge is 2.17. The number of hydrogen-bond donors (Lipinski definition) is 3. The van der Waals surface area contributed by atoms with Gasteiger partial charge < -0.3 is 10.8 Å². The summed E-state index contributed by atoms with van der Waals surface area (Å²) in [5.41, 5.74) is 6.39. The summed E-state index contributed by atoms with van der Waals surface area (Å²) in [5, 5.41) is 15.9. The maximum atomic E-state index is 13.3. The van der Waals surface area contributed by atoms with Gasteiger partial charge in [-0.3, -0.25) is 5.10 Å². The number of phenols is 1. The number of fused-ring (bicyclic) bond motifs is 1. The Morgan fingerprint density at radius 3 is 2.53 bits per heavy atom. The number of phenolic OH excluding ortho intramolecular Hbond substituents is 1. The Bertz CT molecular complexity index is 763. The van der Waals surface area contributed by atoms with Crippen molar-refractivity contribution in [1.29, 1.82) is 0 Å². The van der Waals surface area contributed by atoms with Crippen LogP contribution >= 0.6 is 0 Å². The second-order valence-corrected chi connectivity index (χ2v) is 3.84. The SMILES string of the molecule is Nc1ncnc2[nH]nc(-c3cc(F)c(O)c(F)c3)c12. The molecule has 3 rings (SSSR count). The van der Waals surface area contributed by atoms with Crippen LogP contribution in [0.3, 0.4) is 0 Å². The Kier molecular flexibility index (Phi) is 2.31. The third kappa shape index (κ3) is 1.65. The molecule has 0 aliphatic carbocycles. The minimum Gasteiger partial charge on any atom is -0.503 e. The van der Waals surface area contributed by atoms with Crippen LogP contribution in [0, 0.1) is 11.6 Å². The third-order valence-corrected chi connectivity index (χ3v) is 2.68. The number of halogens is 2. The Morgan fingerprint density at radius 1 is 1.16 bits per heavy atom. The van der Waals surface area contributed by atoms with Crippen molar-refractivity contribution >= 4 is 16.9 Å². The number of nitrogen functional groups attached to an aromatic ring is 1. The quantitative estimate of drug-likeness (QED) is 0.619. The van der Waals surface area contributed by atoms with Crippen molar-refractivity contribution in [2.24, 2.45) is 0 Å². The zero-order valence-electron chi connectivity index (χ0n) is 9.35. The molecule has 0 saturated heterocycles. The van der Waals surface area contributed by atoms with Gasteiger partial charge in [0.25, 0.3) is 0 Å². The summed E-state index contributed by atoms with van der Waals surface area (Å²) < 4.78 is 26.7. The molecule has 0 bridgehead atoms. The van der Waals surface area contributed by atoms with Gasteiger partial charge in [-0.15, -0.1) is 0 Å². The first-order valence-electron chi connectivity index (χ1n) is 5.21. The lowest BCUT2D eigenvalue weighted by Crippen LogP contribution is -1.93. The summed E-state index contributed by atoms with van der Waals surface area (Å²) in [5.74, 6) is -3.06. The maximum absolute atomic E-state index is 13.3. The highest BCUT2D eigenvalue weighted by atomic mass is 19.1. The molecule has 8 heteroatoms. The third-order valence-electron chi connectivity index (χ3n) is 2.68. The van der Waals surface area contributed by atoms with E-state index in [0.29, 0.717) is 11.0 Å². The number of aromatic amines is 1. The van der Waals surface area contributed by atoms with E-state index in [2.05, 4.69) is 20.2 Å². The number of rotatable bonds is 1. The van der Waals surface area contributed by atoms with Gasteiger partial charge >= 0.3 is 0 Å². The van der Waals surface area contributed by atoms with E-state index in [9.17, 15) is 8.78 Å². The van der Waals surface area contributed by atoms with E-state index in [0.717, 1.165) is 12.1 Å². The van der Waals surface area contributed by atoms with Crippen molar-refractivity contribution < 1.29 is 13.9 Å². The van der Waals surface area contributed by atoms with E-state index in [1.165, 1.54) is 6.33 Å². The molecule has 0 fully saturated rings. The lowest BCUT2D eigenvalue weighted by Gasteiger charge is -2.02. The number of anilines is 1. The summed E-state index contributed by atoms with van der Waals surface area (Å²) in [6.07, 6.45) is 1.25. The zero-order chi connectivity index (χ0) is 13.6. The summed E-state index contributed by atoms with van der Waals surface area (Å²) in [7, 11) is 0. The van der Waals surface area contributed by atoms with E-state index in [4.69, 9.17) is 10.8 Å². The van der Waals surface area contributed by atoms with Gasteiger partial charge in [0.05, 0.1) is 5.39 Å². The molecule has 2 heterocycles. The first-order valence-corrected chi connectivity index (χ1v) is 5.21. The molecule has 0 spiro atoms. The lowest BCUT2D eigenvalue weighted by atomic mass is 10.1. The number of benzene rings is 1. The molecular weight excluding hydrogens is 256 g/mol. The van der Waals surface area contributed by atoms with Gasteiger partial charge in [0.15, 0.2) is 23.0 Å². The second-order valence-electron chi connectivity index (χ2n) is 3.84. The molecule has 4 N–H and O–H groups in total. The van der Waals surface area contributed by atoms with Gasteiger partial charge in [-0.25, -0.2) is 18.7 Å². The van der Waals surface area contributed by atoms with Gasteiger partial charge in [0.2, 0.25) is 0 Å². The minimum absolute atomic E-state index is 0.126. The van der Waals surface area contributed by atoms with Crippen LogP contribution in [0.1, 0.15) is 0 Å². The number of nitrogens with one attached hydrogen (secondary N) is 1. The molecule has 0 radical (unpaired) electrons. The summed E-state index contributed by atoms with van der Waals surface area (Å²) in [4.78, 5) is 7.70. The summed E-state index contributed by atoms with van der Waals surface area (Å²) in [6, 6.07) is 1.92. The fourth-order valence-electron chi connectivity index (χ4n) is 1.79. The standard InChI is InChI=1S/C11H7F2N5O/c12-5-1-4(2-6(13)9(5)19)8-7-10(14)15-3-16-11(7)18-17-8/h1-3,19H,(H3,14,15,16,17,18). The molecule has 0 aliphatic rings. The Hall–Kier alpha value is -2.77.